The molecule has 0 unspecified atom stereocenters. The van der Waals surface area contributed by atoms with Crippen molar-refractivity contribution < 1.29 is 14.4 Å². The third-order valence-electron chi connectivity index (χ3n) is 3.18. The summed E-state index contributed by atoms with van der Waals surface area (Å²) in [6, 6.07) is 11.9. The summed E-state index contributed by atoms with van der Waals surface area (Å²) in [5.41, 5.74) is 1.28. The van der Waals surface area contributed by atoms with Gasteiger partial charge in [0.15, 0.2) is 11.4 Å². The van der Waals surface area contributed by atoms with Crippen LogP contribution in [0.2, 0.25) is 0 Å². The highest BCUT2D eigenvalue weighted by atomic mass is 16.7. The summed E-state index contributed by atoms with van der Waals surface area (Å²) in [7, 11) is 3.04. The van der Waals surface area contributed by atoms with Crippen molar-refractivity contribution in [1.29, 1.82) is 0 Å². The molecule has 2 aromatic rings. The molecule has 0 aromatic heterocycles. The summed E-state index contributed by atoms with van der Waals surface area (Å²) in [5.74, 6) is 0.315. The summed E-state index contributed by atoms with van der Waals surface area (Å²) < 4.78 is 4.76. The molecule has 0 bridgehead atoms. The lowest BCUT2D eigenvalue weighted by atomic mass is 10.0. The van der Waals surface area contributed by atoms with E-state index in [1.807, 2.05) is 36.4 Å². The van der Waals surface area contributed by atoms with Crippen LogP contribution >= 0.6 is 0 Å². The summed E-state index contributed by atoms with van der Waals surface area (Å²) in [5, 5.41) is 3.58. The third kappa shape index (κ3) is 1.81. The molecule has 1 heterocycles. The molecule has 4 heteroatoms. The van der Waals surface area contributed by atoms with Crippen LogP contribution in [-0.4, -0.2) is 25.2 Å². The summed E-state index contributed by atoms with van der Waals surface area (Å²) in [6.45, 7) is 0. The Bertz CT molecular complexity index is 691. The van der Waals surface area contributed by atoms with E-state index in [1.54, 1.807) is 13.1 Å². The van der Waals surface area contributed by atoms with Crippen LogP contribution in [0.15, 0.2) is 42.1 Å². The fourth-order valence-electron chi connectivity index (χ4n) is 2.22. The molecule has 2 aromatic carbocycles. The van der Waals surface area contributed by atoms with Crippen molar-refractivity contribution in [2.45, 2.75) is 0 Å². The maximum absolute atomic E-state index is 11.7. The second kappa shape index (κ2) is 4.31. The molecular weight excluding hydrogens is 242 g/mol. The lowest BCUT2D eigenvalue weighted by Crippen LogP contribution is -2.30. The number of carbonyl (C=O) groups is 1. The number of hydrogen-bond donors (Lipinski definition) is 0. The van der Waals surface area contributed by atoms with Gasteiger partial charge in [0, 0.05) is 12.6 Å². The fraction of sp³-hybridized carbons (Fsp3) is 0.133. The van der Waals surface area contributed by atoms with E-state index in [0.29, 0.717) is 5.70 Å². The number of fused-ring (bicyclic) bond motifs is 3. The van der Waals surface area contributed by atoms with Crippen molar-refractivity contribution in [2.75, 3.05) is 14.2 Å². The molecule has 3 rings (SSSR count). The van der Waals surface area contributed by atoms with E-state index in [1.165, 1.54) is 12.2 Å². The molecule has 96 valence electrons. The Labute approximate surface area is 110 Å². The van der Waals surface area contributed by atoms with E-state index < -0.39 is 5.97 Å². The van der Waals surface area contributed by atoms with Crippen LogP contribution in [-0.2, 0) is 9.53 Å². The quantitative estimate of drug-likeness (QED) is 0.734. The Hall–Kier alpha value is -2.49. The summed E-state index contributed by atoms with van der Waals surface area (Å²) in [6.07, 6.45) is 1.80. The van der Waals surface area contributed by atoms with E-state index in [9.17, 15) is 4.79 Å². The average Bonchev–Trinajstić information content (AvgIpc) is 2.45. The second-order valence-corrected chi connectivity index (χ2v) is 4.31. The number of carbonyl (C=O) groups excluding carboxylic acids is 1. The number of ether oxygens (including phenoxy) is 1. The zero-order chi connectivity index (χ0) is 13.4. The first kappa shape index (κ1) is 11.6. The first-order chi connectivity index (χ1) is 9.20. The Morgan fingerprint density at radius 2 is 2.00 bits per heavy atom. The topological polar surface area (TPSA) is 38.8 Å². The highest BCUT2D eigenvalue weighted by molar-refractivity contribution is 6.00. The van der Waals surface area contributed by atoms with E-state index in [-0.39, 0.29) is 0 Å². The van der Waals surface area contributed by atoms with Gasteiger partial charge in [-0.3, -0.25) is 0 Å². The van der Waals surface area contributed by atoms with Crippen molar-refractivity contribution in [3.63, 3.8) is 0 Å². The maximum Gasteiger partial charge on any atom is 0.357 e. The number of esters is 1. The Morgan fingerprint density at radius 3 is 2.79 bits per heavy atom. The predicted octanol–water partition coefficient (Wildman–Crippen LogP) is 2.59. The molecule has 0 aliphatic carbocycles. The molecule has 0 radical (unpaired) electrons. The lowest BCUT2D eigenvalue weighted by molar-refractivity contribution is -0.141. The number of nitrogens with zero attached hydrogens (tertiary/aromatic N) is 1. The molecule has 19 heavy (non-hydrogen) atoms. The fourth-order valence-corrected chi connectivity index (χ4v) is 2.22. The molecule has 0 fully saturated rings. The van der Waals surface area contributed by atoms with Crippen LogP contribution < -0.4 is 4.84 Å². The van der Waals surface area contributed by atoms with Crippen LogP contribution in [0.25, 0.3) is 16.8 Å². The van der Waals surface area contributed by atoms with Crippen LogP contribution in [0.3, 0.4) is 0 Å². The minimum atomic E-state index is -0.416. The molecule has 0 atom stereocenters. The molecule has 1 aliphatic heterocycles. The molecule has 0 N–H and O–H groups in total. The number of hydroxylamine groups is 2. The van der Waals surface area contributed by atoms with Gasteiger partial charge in [-0.15, -0.1) is 0 Å². The zero-order valence-electron chi connectivity index (χ0n) is 10.7. The van der Waals surface area contributed by atoms with Crippen molar-refractivity contribution in [1.82, 2.24) is 5.06 Å². The first-order valence-electron chi connectivity index (χ1n) is 5.94. The largest absolute Gasteiger partial charge is 0.464 e. The average molecular weight is 255 g/mol. The predicted molar refractivity (Wildman–Crippen MR) is 72.3 cm³/mol. The van der Waals surface area contributed by atoms with E-state index in [0.717, 1.165) is 22.1 Å². The third-order valence-corrected chi connectivity index (χ3v) is 3.18. The lowest BCUT2D eigenvalue weighted by Gasteiger charge is -2.26. The van der Waals surface area contributed by atoms with Crippen molar-refractivity contribution in [3.05, 3.63) is 47.7 Å². The van der Waals surface area contributed by atoms with Crippen LogP contribution in [0.1, 0.15) is 5.56 Å². The van der Waals surface area contributed by atoms with Crippen LogP contribution in [0, 0.1) is 0 Å². The molecular formula is C15H13NO3. The highest BCUT2D eigenvalue weighted by Gasteiger charge is 2.23. The van der Waals surface area contributed by atoms with Crippen molar-refractivity contribution in [3.8, 4) is 5.75 Å². The monoisotopic (exact) mass is 255 g/mol. The molecule has 0 saturated heterocycles. The number of benzene rings is 2. The van der Waals surface area contributed by atoms with Crippen molar-refractivity contribution in [2.24, 2.45) is 0 Å². The van der Waals surface area contributed by atoms with E-state index >= 15 is 0 Å². The Balaban J connectivity index is 2.24. The zero-order valence-corrected chi connectivity index (χ0v) is 10.7. The smallest absolute Gasteiger partial charge is 0.357 e. The minimum Gasteiger partial charge on any atom is -0.464 e. The van der Waals surface area contributed by atoms with E-state index in [4.69, 9.17) is 9.57 Å². The first-order valence-corrected chi connectivity index (χ1v) is 5.94. The standard InChI is InChI=1S/C15H13NO3/c1-16-13(15(17)18-2)9-12-11-6-4-3-5-10(11)7-8-14(12)19-16/h3-9H,1-2H3. The van der Waals surface area contributed by atoms with Gasteiger partial charge >= 0.3 is 5.97 Å². The highest BCUT2D eigenvalue weighted by Crippen LogP contribution is 2.34. The maximum atomic E-state index is 11.7. The second-order valence-electron chi connectivity index (χ2n) is 4.31. The van der Waals surface area contributed by atoms with Gasteiger partial charge in [-0.1, -0.05) is 30.3 Å². The number of likely N-dealkylation sites (N-methyl/N-ethyl adjacent to an activating group) is 1. The van der Waals surface area contributed by atoms with Gasteiger partial charge in [-0.2, -0.15) is 0 Å². The number of rotatable bonds is 1. The summed E-state index contributed by atoms with van der Waals surface area (Å²) >= 11 is 0. The van der Waals surface area contributed by atoms with Crippen LogP contribution in [0.5, 0.6) is 5.75 Å². The number of methoxy groups -OCH3 is 1. The summed E-state index contributed by atoms with van der Waals surface area (Å²) in [4.78, 5) is 17.4. The minimum absolute atomic E-state index is 0.381. The van der Waals surface area contributed by atoms with E-state index in [2.05, 4.69) is 0 Å². The van der Waals surface area contributed by atoms with Gasteiger partial charge < -0.3 is 9.57 Å². The Morgan fingerprint density at radius 1 is 1.21 bits per heavy atom. The molecule has 0 amide bonds. The van der Waals surface area contributed by atoms with Crippen molar-refractivity contribution >= 4 is 22.8 Å². The molecule has 0 spiro atoms. The SMILES string of the molecule is COC(=O)C1=Cc2c(ccc3ccccc23)ON1C. The van der Waals surface area contributed by atoms with Gasteiger partial charge in [-0.05, 0) is 22.9 Å². The molecule has 1 aliphatic rings. The van der Waals surface area contributed by atoms with Gasteiger partial charge in [0.05, 0.1) is 7.11 Å². The molecule has 0 saturated carbocycles. The molecule has 4 nitrogen and oxygen atoms in total. The van der Waals surface area contributed by atoms with Gasteiger partial charge in [-0.25, -0.2) is 9.86 Å². The number of hydrogen-bond acceptors (Lipinski definition) is 4. The van der Waals surface area contributed by atoms with Gasteiger partial charge in [0.2, 0.25) is 0 Å². The normalized spacial score (nSPS) is 13.6. The van der Waals surface area contributed by atoms with Gasteiger partial charge in [0.1, 0.15) is 0 Å². The Kier molecular flexibility index (Phi) is 2.63. The van der Waals surface area contributed by atoms with Gasteiger partial charge in [0.25, 0.3) is 0 Å². The van der Waals surface area contributed by atoms with Crippen LogP contribution in [0.4, 0.5) is 0 Å².